The van der Waals surface area contributed by atoms with Crippen molar-refractivity contribution in [3.05, 3.63) is 48.8 Å². The lowest BCUT2D eigenvalue weighted by Crippen LogP contribution is -1.88. The van der Waals surface area contributed by atoms with Gasteiger partial charge in [0.05, 0.1) is 11.4 Å². The molecule has 0 fully saturated rings. The van der Waals surface area contributed by atoms with E-state index >= 15 is 0 Å². The van der Waals surface area contributed by atoms with Crippen molar-refractivity contribution in [3.8, 4) is 22.8 Å². The fourth-order valence-electron chi connectivity index (χ4n) is 1.59. The third-order valence-electron chi connectivity index (χ3n) is 2.36. The lowest BCUT2D eigenvalue weighted by Gasteiger charge is -1.98. The van der Waals surface area contributed by atoms with Gasteiger partial charge in [0.1, 0.15) is 11.4 Å². The first-order valence-corrected chi connectivity index (χ1v) is 5.19. The number of pyridine rings is 2. The van der Waals surface area contributed by atoms with E-state index in [1.807, 2.05) is 36.4 Å². The van der Waals surface area contributed by atoms with Crippen LogP contribution in [0.1, 0.15) is 0 Å². The quantitative estimate of drug-likeness (QED) is 0.707. The zero-order valence-electron chi connectivity index (χ0n) is 9.91. The second kappa shape index (κ2) is 6.34. The molecule has 0 saturated carbocycles. The van der Waals surface area contributed by atoms with E-state index in [4.69, 9.17) is 0 Å². The van der Waals surface area contributed by atoms with E-state index in [9.17, 15) is 0 Å². The highest BCUT2D eigenvalue weighted by molar-refractivity contribution is 5.73. The maximum Gasteiger partial charge on any atom is 0.140 e. The number of hydrogen-bond acceptors (Lipinski definition) is 4. The van der Waals surface area contributed by atoms with Gasteiger partial charge in [0.2, 0.25) is 0 Å². The highest BCUT2D eigenvalue weighted by atomic mass is 16.0. The van der Waals surface area contributed by atoms with Gasteiger partial charge in [0, 0.05) is 12.4 Å². The van der Waals surface area contributed by atoms with Crippen LogP contribution in [0.3, 0.4) is 0 Å². The first-order valence-electron chi connectivity index (χ1n) is 5.19. The van der Waals surface area contributed by atoms with Gasteiger partial charge in [-0.25, -0.2) is 0 Å². The van der Waals surface area contributed by atoms with Gasteiger partial charge in [-0.05, 0) is 24.3 Å². The summed E-state index contributed by atoms with van der Waals surface area (Å²) < 4.78 is 0. The molecule has 0 aliphatic rings. The Morgan fingerprint density at radius 2 is 1.16 bits per heavy atom. The molecule has 0 amide bonds. The van der Waals surface area contributed by atoms with E-state index in [-0.39, 0.29) is 11.0 Å². The second-order valence-corrected chi connectivity index (χ2v) is 3.45. The van der Waals surface area contributed by atoms with Crippen LogP contribution in [0.4, 0.5) is 0 Å². The smallest absolute Gasteiger partial charge is 0.140 e. The summed E-state index contributed by atoms with van der Waals surface area (Å²) in [6, 6.07) is 11.3. The fourth-order valence-corrected chi connectivity index (χ4v) is 1.59. The molecular formula is C12H13N5O2. The average Bonchev–Trinajstić information content (AvgIpc) is 2.90. The highest BCUT2D eigenvalue weighted by Crippen LogP contribution is 2.24. The summed E-state index contributed by atoms with van der Waals surface area (Å²) in [5.74, 6) is 0. The third kappa shape index (κ3) is 2.79. The molecule has 98 valence electrons. The molecule has 0 radical (unpaired) electrons. The third-order valence-corrected chi connectivity index (χ3v) is 2.36. The zero-order valence-corrected chi connectivity index (χ0v) is 9.91. The molecule has 0 unspecified atom stereocenters. The highest BCUT2D eigenvalue weighted by Gasteiger charge is 2.13. The van der Waals surface area contributed by atoms with Crippen LogP contribution in [-0.4, -0.2) is 36.3 Å². The minimum absolute atomic E-state index is 0. The second-order valence-electron chi connectivity index (χ2n) is 3.45. The largest absolute Gasteiger partial charge is 0.412 e. The summed E-state index contributed by atoms with van der Waals surface area (Å²) in [6.07, 6.45) is 3.46. The van der Waals surface area contributed by atoms with Gasteiger partial charge >= 0.3 is 0 Å². The number of nitrogens with zero attached hydrogens (tertiary/aromatic N) is 4. The Balaban J connectivity index is 0.000000902. The van der Waals surface area contributed by atoms with Crippen molar-refractivity contribution < 1.29 is 11.0 Å². The molecule has 3 aromatic rings. The molecule has 0 saturated heterocycles. The van der Waals surface area contributed by atoms with Crippen LogP contribution in [0.15, 0.2) is 48.8 Å². The van der Waals surface area contributed by atoms with Crippen LogP contribution in [0.25, 0.3) is 22.8 Å². The predicted molar refractivity (Wildman–Crippen MR) is 70.1 cm³/mol. The van der Waals surface area contributed by atoms with Crippen LogP contribution >= 0.6 is 0 Å². The van der Waals surface area contributed by atoms with Gasteiger partial charge in [0.15, 0.2) is 0 Å². The van der Waals surface area contributed by atoms with Crippen molar-refractivity contribution >= 4 is 0 Å². The normalized spacial score (nSPS) is 9.26. The molecule has 0 aliphatic carbocycles. The first-order chi connectivity index (χ1) is 8.45. The molecule has 0 spiro atoms. The number of aromatic nitrogens is 5. The van der Waals surface area contributed by atoms with Crippen molar-refractivity contribution in [3.63, 3.8) is 0 Å². The number of aromatic amines is 1. The molecule has 3 heterocycles. The SMILES string of the molecule is O.O.c1ccc(-c2n[nH]nc2-c2ccccn2)nc1. The Labute approximate surface area is 109 Å². The van der Waals surface area contributed by atoms with Crippen molar-refractivity contribution in [1.29, 1.82) is 0 Å². The number of nitrogens with one attached hydrogen (secondary N) is 1. The number of rotatable bonds is 2. The Morgan fingerprint density at radius 3 is 1.53 bits per heavy atom. The van der Waals surface area contributed by atoms with Gasteiger partial charge in [-0.15, -0.1) is 0 Å². The maximum absolute atomic E-state index is 4.26. The van der Waals surface area contributed by atoms with Crippen LogP contribution < -0.4 is 0 Å². The minimum atomic E-state index is 0. The summed E-state index contributed by atoms with van der Waals surface area (Å²) in [5.41, 5.74) is 2.98. The van der Waals surface area contributed by atoms with Gasteiger partial charge < -0.3 is 11.0 Å². The van der Waals surface area contributed by atoms with Crippen molar-refractivity contribution in [2.24, 2.45) is 0 Å². The molecular weight excluding hydrogens is 246 g/mol. The van der Waals surface area contributed by atoms with Crippen molar-refractivity contribution in [2.75, 3.05) is 0 Å². The molecule has 0 bridgehead atoms. The Hall–Kier alpha value is -2.64. The fraction of sp³-hybridized carbons (Fsp3) is 0. The van der Waals surface area contributed by atoms with Crippen LogP contribution in [-0.2, 0) is 0 Å². The van der Waals surface area contributed by atoms with Crippen LogP contribution in [0, 0.1) is 0 Å². The first kappa shape index (κ1) is 14.4. The summed E-state index contributed by atoms with van der Waals surface area (Å²) in [6.45, 7) is 0. The molecule has 7 nitrogen and oxygen atoms in total. The monoisotopic (exact) mass is 259 g/mol. The molecule has 19 heavy (non-hydrogen) atoms. The van der Waals surface area contributed by atoms with E-state index < -0.39 is 0 Å². The topological polar surface area (TPSA) is 130 Å². The van der Waals surface area contributed by atoms with Crippen molar-refractivity contribution in [1.82, 2.24) is 25.4 Å². The van der Waals surface area contributed by atoms with Crippen LogP contribution in [0.5, 0.6) is 0 Å². The maximum atomic E-state index is 4.26. The standard InChI is InChI=1S/C12H9N5.2H2O/c1-3-7-13-9(5-1)11-12(16-17-15-11)10-6-2-4-8-14-10;;/h1-8H,(H,15,16,17);2*1H2. The number of H-pyrrole nitrogens is 1. The molecule has 0 aromatic carbocycles. The molecule has 3 rings (SSSR count). The molecule has 0 atom stereocenters. The lowest BCUT2D eigenvalue weighted by atomic mass is 10.2. The average molecular weight is 259 g/mol. The Kier molecular flexibility index (Phi) is 4.81. The molecule has 3 aromatic heterocycles. The van der Waals surface area contributed by atoms with Crippen molar-refractivity contribution in [2.45, 2.75) is 0 Å². The summed E-state index contributed by atoms with van der Waals surface area (Å²) in [7, 11) is 0. The van der Waals surface area contributed by atoms with E-state index in [1.54, 1.807) is 12.4 Å². The van der Waals surface area contributed by atoms with Crippen LogP contribution in [0.2, 0.25) is 0 Å². The van der Waals surface area contributed by atoms with Gasteiger partial charge in [0.25, 0.3) is 0 Å². The predicted octanol–water partition coefficient (Wildman–Crippen LogP) is 0.279. The summed E-state index contributed by atoms with van der Waals surface area (Å²) in [5, 5.41) is 10.9. The molecule has 0 aliphatic heterocycles. The molecule has 7 heteroatoms. The van der Waals surface area contributed by atoms with Gasteiger partial charge in [-0.2, -0.15) is 15.4 Å². The Bertz CT molecular complexity index is 558. The van der Waals surface area contributed by atoms with E-state index in [0.29, 0.717) is 11.4 Å². The zero-order chi connectivity index (χ0) is 11.5. The minimum Gasteiger partial charge on any atom is -0.412 e. The number of hydrogen-bond donors (Lipinski definition) is 1. The molecule has 5 N–H and O–H groups in total. The lowest BCUT2D eigenvalue weighted by molar-refractivity contribution is 0.823. The van der Waals surface area contributed by atoms with E-state index in [2.05, 4.69) is 25.4 Å². The van der Waals surface area contributed by atoms with E-state index in [0.717, 1.165) is 11.4 Å². The van der Waals surface area contributed by atoms with Gasteiger partial charge in [-0.1, -0.05) is 12.1 Å². The summed E-state index contributed by atoms with van der Waals surface area (Å²) >= 11 is 0. The summed E-state index contributed by atoms with van der Waals surface area (Å²) in [4.78, 5) is 8.51. The van der Waals surface area contributed by atoms with Gasteiger partial charge in [-0.3, -0.25) is 9.97 Å². The van der Waals surface area contributed by atoms with E-state index in [1.165, 1.54) is 0 Å². The Morgan fingerprint density at radius 1 is 0.684 bits per heavy atom.